The molecule has 2 heterocycles. The van der Waals surface area contributed by atoms with Gasteiger partial charge in [-0.15, -0.1) is 0 Å². The van der Waals surface area contributed by atoms with Gasteiger partial charge >= 0.3 is 0 Å². The second-order valence-electron chi connectivity index (χ2n) is 9.11. The molecule has 0 aliphatic carbocycles. The molecule has 0 saturated heterocycles. The Morgan fingerprint density at radius 1 is 0.923 bits per heavy atom. The van der Waals surface area contributed by atoms with Gasteiger partial charge in [0.05, 0.1) is 20.6 Å². The predicted octanol–water partition coefficient (Wildman–Crippen LogP) is 4.39. The van der Waals surface area contributed by atoms with Crippen molar-refractivity contribution < 1.29 is 13.5 Å². The van der Waals surface area contributed by atoms with Gasteiger partial charge < -0.3 is 21.1 Å². The van der Waals surface area contributed by atoms with E-state index in [1.165, 1.54) is 12.1 Å². The van der Waals surface area contributed by atoms with Gasteiger partial charge in [0, 0.05) is 30.8 Å². The van der Waals surface area contributed by atoms with Gasteiger partial charge in [0.2, 0.25) is 16.0 Å². The first-order chi connectivity index (χ1) is 18.8. The standard InChI is InChI=1S/C27H29N7O3S2/c1-17-3-9-22-21(15-17)25(29-12-2-14-35)34-26(32-22)31-19-6-10-23-24(16-19)38-27(33-23)30-13-11-18-4-7-20(8-5-18)39(28,36)37/h3-10,15-16,35H,2,11-14H2,1H3,(H,30,33)(H2,28,36,37)(H2,29,31,32,34). The van der Waals surface area contributed by atoms with Crippen molar-refractivity contribution in [2.75, 3.05) is 35.6 Å². The number of fused-ring (bicyclic) bond motifs is 2. The number of benzene rings is 3. The highest BCUT2D eigenvalue weighted by Crippen LogP contribution is 2.30. The molecule has 0 atom stereocenters. The fourth-order valence-electron chi connectivity index (χ4n) is 4.09. The highest BCUT2D eigenvalue weighted by molar-refractivity contribution is 7.89. The minimum absolute atomic E-state index is 0.105. The maximum Gasteiger partial charge on any atom is 0.238 e. The monoisotopic (exact) mass is 563 g/mol. The topological polar surface area (TPSA) is 155 Å². The lowest BCUT2D eigenvalue weighted by molar-refractivity contribution is 0.292. The molecule has 0 saturated carbocycles. The number of aromatic nitrogens is 3. The van der Waals surface area contributed by atoms with Crippen molar-refractivity contribution in [3.63, 3.8) is 0 Å². The summed E-state index contributed by atoms with van der Waals surface area (Å²) in [5.41, 5.74) is 4.68. The van der Waals surface area contributed by atoms with Crippen LogP contribution in [0.5, 0.6) is 0 Å². The van der Waals surface area contributed by atoms with E-state index in [9.17, 15) is 8.42 Å². The van der Waals surface area contributed by atoms with Crippen molar-refractivity contribution in [1.29, 1.82) is 0 Å². The molecule has 0 aliphatic heterocycles. The Hall–Kier alpha value is -3.84. The van der Waals surface area contributed by atoms with E-state index < -0.39 is 10.0 Å². The minimum atomic E-state index is -3.69. The van der Waals surface area contributed by atoms with Gasteiger partial charge in [0.25, 0.3) is 0 Å². The van der Waals surface area contributed by atoms with Crippen LogP contribution in [-0.2, 0) is 16.4 Å². The Morgan fingerprint density at radius 2 is 1.72 bits per heavy atom. The second-order valence-corrected chi connectivity index (χ2v) is 11.7. The van der Waals surface area contributed by atoms with Crippen molar-refractivity contribution in [3.8, 4) is 0 Å². The van der Waals surface area contributed by atoms with E-state index in [0.29, 0.717) is 31.9 Å². The quantitative estimate of drug-likeness (QED) is 0.147. The zero-order chi connectivity index (χ0) is 27.4. The first-order valence-electron chi connectivity index (χ1n) is 12.4. The molecule has 0 bridgehead atoms. The third kappa shape index (κ3) is 6.60. The number of primary sulfonamides is 1. The zero-order valence-corrected chi connectivity index (χ0v) is 22.9. The fourth-order valence-corrected chi connectivity index (χ4v) is 5.53. The van der Waals surface area contributed by atoms with Crippen molar-refractivity contribution in [2.45, 2.75) is 24.7 Å². The number of hydrogen-bond acceptors (Lipinski definition) is 10. The van der Waals surface area contributed by atoms with Crippen LogP contribution in [0.3, 0.4) is 0 Å². The van der Waals surface area contributed by atoms with E-state index in [1.54, 1.807) is 23.5 Å². The second kappa shape index (κ2) is 11.5. The number of aryl methyl sites for hydroxylation is 1. The first kappa shape index (κ1) is 26.8. The first-order valence-corrected chi connectivity index (χ1v) is 14.8. The van der Waals surface area contributed by atoms with Crippen LogP contribution in [0, 0.1) is 6.92 Å². The van der Waals surface area contributed by atoms with Crippen LogP contribution in [0.15, 0.2) is 65.6 Å². The van der Waals surface area contributed by atoms with Gasteiger partial charge in [-0.1, -0.05) is 35.1 Å². The molecule has 10 nitrogen and oxygen atoms in total. The minimum Gasteiger partial charge on any atom is -0.396 e. The Morgan fingerprint density at radius 3 is 2.49 bits per heavy atom. The molecule has 5 rings (SSSR count). The molecule has 2 aromatic heterocycles. The normalized spacial score (nSPS) is 11.7. The van der Waals surface area contributed by atoms with E-state index in [-0.39, 0.29) is 11.5 Å². The summed E-state index contributed by atoms with van der Waals surface area (Å²) in [6.07, 6.45) is 1.34. The molecule has 6 N–H and O–H groups in total. The Bertz CT molecular complexity index is 1720. The molecule has 0 amide bonds. The summed E-state index contributed by atoms with van der Waals surface area (Å²) in [5, 5.41) is 26.0. The Balaban J connectivity index is 1.28. The molecule has 0 spiro atoms. The lowest BCUT2D eigenvalue weighted by Gasteiger charge is -2.12. The predicted molar refractivity (Wildman–Crippen MR) is 157 cm³/mol. The summed E-state index contributed by atoms with van der Waals surface area (Å²) in [5.74, 6) is 1.21. The lowest BCUT2D eigenvalue weighted by atomic mass is 10.1. The SMILES string of the molecule is Cc1ccc2nc(Nc3ccc4nc(NCCc5ccc(S(N)(=O)=O)cc5)sc4c3)nc(NCCCO)c2c1. The molecular weight excluding hydrogens is 534 g/mol. The Labute approximate surface area is 230 Å². The van der Waals surface area contributed by atoms with Crippen molar-refractivity contribution >= 4 is 65.1 Å². The lowest BCUT2D eigenvalue weighted by Crippen LogP contribution is -2.12. The van der Waals surface area contributed by atoms with Gasteiger partial charge in [0.15, 0.2) is 5.13 Å². The van der Waals surface area contributed by atoms with E-state index in [0.717, 1.165) is 48.9 Å². The van der Waals surface area contributed by atoms with Crippen LogP contribution in [0.4, 0.5) is 22.6 Å². The third-order valence-corrected chi connectivity index (χ3v) is 7.97. The molecule has 5 aromatic rings. The number of anilines is 4. The van der Waals surface area contributed by atoms with Crippen molar-refractivity contribution in [3.05, 3.63) is 71.8 Å². The van der Waals surface area contributed by atoms with Gasteiger partial charge in [-0.25, -0.2) is 23.5 Å². The Kier molecular flexibility index (Phi) is 7.89. The van der Waals surface area contributed by atoms with Crippen LogP contribution in [0.2, 0.25) is 0 Å². The molecule has 12 heteroatoms. The van der Waals surface area contributed by atoms with Crippen LogP contribution in [-0.4, -0.2) is 48.2 Å². The number of sulfonamides is 1. The number of rotatable bonds is 11. The van der Waals surface area contributed by atoms with Crippen LogP contribution >= 0.6 is 11.3 Å². The molecular formula is C27H29N7O3S2. The molecule has 0 unspecified atom stereocenters. The number of nitrogens with zero attached hydrogens (tertiary/aromatic N) is 3. The number of thiazole rings is 1. The van der Waals surface area contributed by atoms with Crippen LogP contribution in [0.25, 0.3) is 21.1 Å². The molecule has 202 valence electrons. The largest absolute Gasteiger partial charge is 0.396 e. The highest BCUT2D eigenvalue weighted by atomic mass is 32.2. The number of aliphatic hydroxyl groups excluding tert-OH is 1. The molecule has 0 radical (unpaired) electrons. The fraction of sp³-hybridized carbons (Fsp3) is 0.222. The van der Waals surface area contributed by atoms with Gasteiger partial charge in [-0.2, -0.15) is 4.98 Å². The van der Waals surface area contributed by atoms with Crippen molar-refractivity contribution in [2.24, 2.45) is 5.14 Å². The van der Waals surface area contributed by atoms with E-state index in [4.69, 9.17) is 20.2 Å². The summed E-state index contributed by atoms with van der Waals surface area (Å²) < 4.78 is 23.8. The van der Waals surface area contributed by atoms with Crippen molar-refractivity contribution in [1.82, 2.24) is 15.0 Å². The summed E-state index contributed by atoms with van der Waals surface area (Å²) >= 11 is 1.55. The number of nitrogens with two attached hydrogens (primary N) is 1. The number of hydrogen-bond donors (Lipinski definition) is 5. The molecule has 0 aliphatic rings. The molecule has 39 heavy (non-hydrogen) atoms. The van der Waals surface area contributed by atoms with E-state index in [1.807, 2.05) is 37.3 Å². The van der Waals surface area contributed by atoms with Gasteiger partial charge in [-0.3, -0.25) is 0 Å². The maximum atomic E-state index is 11.4. The summed E-state index contributed by atoms with van der Waals surface area (Å²) in [4.78, 5) is 14.2. The summed E-state index contributed by atoms with van der Waals surface area (Å²) in [7, 11) is -3.69. The van der Waals surface area contributed by atoms with Crippen LogP contribution < -0.4 is 21.1 Å². The number of aliphatic hydroxyl groups is 1. The third-order valence-electron chi connectivity index (χ3n) is 6.06. The maximum absolute atomic E-state index is 11.4. The summed E-state index contributed by atoms with van der Waals surface area (Å²) in [6.45, 7) is 3.40. The molecule has 0 fully saturated rings. The molecule has 3 aromatic carbocycles. The average molecular weight is 564 g/mol. The van der Waals surface area contributed by atoms with E-state index >= 15 is 0 Å². The van der Waals surface area contributed by atoms with Gasteiger partial charge in [-0.05, 0) is 67.8 Å². The van der Waals surface area contributed by atoms with E-state index in [2.05, 4.69) is 27.0 Å². The van der Waals surface area contributed by atoms with Gasteiger partial charge in [0.1, 0.15) is 5.82 Å². The number of nitrogens with one attached hydrogen (secondary N) is 3. The average Bonchev–Trinajstić information content (AvgIpc) is 3.31. The smallest absolute Gasteiger partial charge is 0.238 e. The summed E-state index contributed by atoms with van der Waals surface area (Å²) in [6, 6.07) is 18.5. The van der Waals surface area contributed by atoms with Crippen LogP contribution in [0.1, 0.15) is 17.5 Å². The highest BCUT2D eigenvalue weighted by Gasteiger charge is 2.11. The zero-order valence-electron chi connectivity index (χ0n) is 21.3.